The smallest absolute Gasteiger partial charge is 0.275 e. The molecule has 8 heteroatoms. The lowest BCUT2D eigenvalue weighted by Gasteiger charge is -2.30. The predicted octanol–water partition coefficient (Wildman–Crippen LogP) is 3.17. The largest absolute Gasteiger partial charge is 0.338 e. The standard InChI is InChI=1S/C21H30N6O2/c1-3-4-8-15-13-18(27(24-15)16-9-5-6-10-16)23-20(28)19-17(14-22-25(19)2)21(29)26-11-7-12-26/h13-14,16H,3-12H2,1-2H3,(H,23,28). The third-order valence-electron chi connectivity index (χ3n) is 6.01. The predicted molar refractivity (Wildman–Crippen MR) is 110 cm³/mol. The first kappa shape index (κ1) is 19.7. The molecule has 1 aliphatic heterocycles. The first-order chi connectivity index (χ1) is 14.1. The highest BCUT2D eigenvalue weighted by molar-refractivity contribution is 6.10. The Labute approximate surface area is 171 Å². The van der Waals surface area contributed by atoms with Crippen LogP contribution in [0.2, 0.25) is 0 Å². The summed E-state index contributed by atoms with van der Waals surface area (Å²) < 4.78 is 3.47. The fraction of sp³-hybridized carbons (Fsp3) is 0.619. The van der Waals surface area contributed by atoms with Crippen LogP contribution in [0, 0.1) is 0 Å². The molecule has 29 heavy (non-hydrogen) atoms. The van der Waals surface area contributed by atoms with Crippen LogP contribution in [-0.2, 0) is 13.5 Å². The zero-order valence-electron chi connectivity index (χ0n) is 17.4. The van der Waals surface area contributed by atoms with Gasteiger partial charge >= 0.3 is 0 Å². The summed E-state index contributed by atoms with van der Waals surface area (Å²) in [6.45, 7) is 3.64. The van der Waals surface area contributed by atoms with Crippen LogP contribution in [-0.4, -0.2) is 49.4 Å². The monoisotopic (exact) mass is 398 g/mol. The Hall–Kier alpha value is -2.64. The summed E-state index contributed by atoms with van der Waals surface area (Å²) in [4.78, 5) is 27.6. The molecule has 2 fully saturated rings. The van der Waals surface area contributed by atoms with E-state index in [-0.39, 0.29) is 11.8 Å². The van der Waals surface area contributed by atoms with Crippen LogP contribution in [0.5, 0.6) is 0 Å². The molecule has 0 unspecified atom stereocenters. The molecular weight excluding hydrogens is 368 g/mol. The number of likely N-dealkylation sites (tertiary alicyclic amines) is 1. The van der Waals surface area contributed by atoms with Crippen molar-refractivity contribution in [1.82, 2.24) is 24.5 Å². The number of carbonyl (C=O) groups excluding carboxylic acids is 2. The Balaban J connectivity index is 1.59. The Kier molecular flexibility index (Phi) is 5.69. The highest BCUT2D eigenvalue weighted by atomic mass is 16.2. The van der Waals surface area contributed by atoms with E-state index in [1.807, 2.05) is 10.7 Å². The summed E-state index contributed by atoms with van der Waals surface area (Å²) >= 11 is 0. The molecule has 8 nitrogen and oxygen atoms in total. The minimum absolute atomic E-state index is 0.123. The molecule has 0 bridgehead atoms. The third kappa shape index (κ3) is 3.93. The van der Waals surface area contributed by atoms with Crippen LogP contribution in [0.15, 0.2) is 12.3 Å². The van der Waals surface area contributed by atoms with E-state index in [4.69, 9.17) is 5.10 Å². The summed E-state index contributed by atoms with van der Waals surface area (Å²) in [7, 11) is 1.70. The highest BCUT2D eigenvalue weighted by Gasteiger charge is 2.30. The minimum Gasteiger partial charge on any atom is -0.338 e. The summed E-state index contributed by atoms with van der Waals surface area (Å²) in [5.41, 5.74) is 1.68. The van der Waals surface area contributed by atoms with Gasteiger partial charge < -0.3 is 10.2 Å². The van der Waals surface area contributed by atoms with Crippen molar-refractivity contribution in [2.75, 3.05) is 18.4 Å². The van der Waals surface area contributed by atoms with Crippen molar-refractivity contribution in [3.05, 3.63) is 29.2 Å². The number of hydrogen-bond donors (Lipinski definition) is 1. The topological polar surface area (TPSA) is 85.0 Å². The summed E-state index contributed by atoms with van der Waals surface area (Å²) in [6, 6.07) is 2.31. The van der Waals surface area contributed by atoms with E-state index in [2.05, 4.69) is 17.3 Å². The average molecular weight is 399 g/mol. The molecule has 2 aliphatic rings. The van der Waals surface area contributed by atoms with Gasteiger partial charge in [-0.15, -0.1) is 0 Å². The van der Waals surface area contributed by atoms with E-state index in [9.17, 15) is 9.59 Å². The SMILES string of the molecule is CCCCc1cc(NC(=O)c2c(C(=O)N3CCC3)cnn2C)n(C2CCCC2)n1. The second kappa shape index (κ2) is 8.39. The molecule has 1 saturated heterocycles. The van der Waals surface area contributed by atoms with Crippen molar-refractivity contribution in [2.24, 2.45) is 7.05 Å². The van der Waals surface area contributed by atoms with E-state index in [0.29, 0.717) is 17.3 Å². The summed E-state index contributed by atoms with van der Waals surface area (Å²) in [6.07, 6.45) is 10.1. The number of anilines is 1. The third-order valence-corrected chi connectivity index (χ3v) is 6.01. The lowest BCUT2D eigenvalue weighted by Crippen LogP contribution is -2.42. The number of unbranched alkanes of at least 4 members (excludes halogenated alkanes) is 1. The Morgan fingerprint density at radius 3 is 2.62 bits per heavy atom. The lowest BCUT2D eigenvalue weighted by molar-refractivity contribution is 0.0648. The highest BCUT2D eigenvalue weighted by Crippen LogP contribution is 2.32. The summed E-state index contributed by atoms with van der Waals surface area (Å²) in [5.74, 6) is 0.286. The number of rotatable bonds is 7. The van der Waals surface area contributed by atoms with E-state index >= 15 is 0 Å². The van der Waals surface area contributed by atoms with Crippen molar-refractivity contribution in [1.29, 1.82) is 0 Å². The molecule has 1 N–H and O–H groups in total. The minimum atomic E-state index is -0.310. The van der Waals surface area contributed by atoms with Gasteiger partial charge in [-0.3, -0.25) is 14.3 Å². The Morgan fingerprint density at radius 2 is 1.97 bits per heavy atom. The van der Waals surface area contributed by atoms with Crippen molar-refractivity contribution >= 4 is 17.6 Å². The van der Waals surface area contributed by atoms with Crippen molar-refractivity contribution in [3.8, 4) is 0 Å². The fourth-order valence-corrected chi connectivity index (χ4v) is 4.17. The first-order valence-electron chi connectivity index (χ1n) is 10.8. The zero-order chi connectivity index (χ0) is 20.4. The van der Waals surface area contributed by atoms with Gasteiger partial charge in [0.25, 0.3) is 11.8 Å². The molecule has 2 aromatic heterocycles. The van der Waals surface area contributed by atoms with E-state index in [1.165, 1.54) is 23.7 Å². The van der Waals surface area contributed by atoms with Crippen LogP contribution in [0.4, 0.5) is 5.82 Å². The van der Waals surface area contributed by atoms with Gasteiger partial charge in [0.2, 0.25) is 0 Å². The molecule has 1 aliphatic carbocycles. The van der Waals surface area contributed by atoms with Crippen LogP contribution >= 0.6 is 0 Å². The molecule has 1 saturated carbocycles. The number of carbonyl (C=O) groups is 2. The van der Waals surface area contributed by atoms with Crippen LogP contribution in [0.1, 0.15) is 84.5 Å². The van der Waals surface area contributed by atoms with Crippen LogP contribution in [0.3, 0.4) is 0 Å². The molecule has 4 rings (SSSR count). The Bertz CT molecular complexity index is 889. The van der Waals surface area contributed by atoms with Crippen molar-refractivity contribution in [3.63, 3.8) is 0 Å². The maximum Gasteiger partial charge on any atom is 0.275 e. The molecule has 2 aromatic rings. The van der Waals surface area contributed by atoms with Gasteiger partial charge in [0.1, 0.15) is 11.5 Å². The van der Waals surface area contributed by atoms with Gasteiger partial charge in [-0.1, -0.05) is 26.2 Å². The molecule has 0 aromatic carbocycles. The van der Waals surface area contributed by atoms with E-state index in [1.54, 1.807) is 11.9 Å². The van der Waals surface area contributed by atoms with Crippen molar-refractivity contribution in [2.45, 2.75) is 64.3 Å². The molecule has 0 radical (unpaired) electrons. The number of nitrogens with one attached hydrogen (secondary N) is 1. The number of nitrogens with zero attached hydrogens (tertiary/aromatic N) is 5. The zero-order valence-corrected chi connectivity index (χ0v) is 17.4. The number of aryl methyl sites for hydroxylation is 2. The second-order valence-corrected chi connectivity index (χ2v) is 8.14. The van der Waals surface area contributed by atoms with Gasteiger partial charge in [0.15, 0.2) is 0 Å². The number of aromatic nitrogens is 4. The fourth-order valence-electron chi connectivity index (χ4n) is 4.17. The number of hydrogen-bond acceptors (Lipinski definition) is 4. The van der Waals surface area contributed by atoms with Gasteiger partial charge in [0.05, 0.1) is 23.5 Å². The average Bonchev–Trinajstić information content (AvgIpc) is 3.37. The molecule has 156 valence electrons. The lowest BCUT2D eigenvalue weighted by atomic mass is 10.1. The van der Waals surface area contributed by atoms with Gasteiger partial charge in [0, 0.05) is 26.2 Å². The van der Waals surface area contributed by atoms with Crippen LogP contribution < -0.4 is 5.32 Å². The normalized spacial score (nSPS) is 16.8. The first-order valence-corrected chi connectivity index (χ1v) is 10.8. The molecule has 2 amide bonds. The molecule has 0 atom stereocenters. The second-order valence-electron chi connectivity index (χ2n) is 8.14. The maximum atomic E-state index is 13.2. The van der Waals surface area contributed by atoms with E-state index in [0.717, 1.165) is 63.1 Å². The van der Waals surface area contributed by atoms with Gasteiger partial charge in [-0.25, -0.2) is 4.68 Å². The number of amides is 2. The quantitative estimate of drug-likeness (QED) is 0.776. The summed E-state index contributed by atoms with van der Waals surface area (Å²) in [5, 5.41) is 12.0. The van der Waals surface area contributed by atoms with Crippen LogP contribution in [0.25, 0.3) is 0 Å². The maximum absolute atomic E-state index is 13.2. The molecular formula is C21H30N6O2. The van der Waals surface area contributed by atoms with Crippen molar-refractivity contribution < 1.29 is 9.59 Å². The van der Waals surface area contributed by atoms with Gasteiger partial charge in [-0.05, 0) is 32.1 Å². The van der Waals surface area contributed by atoms with Gasteiger partial charge in [-0.2, -0.15) is 10.2 Å². The molecule has 0 spiro atoms. The van der Waals surface area contributed by atoms with E-state index < -0.39 is 0 Å². The Morgan fingerprint density at radius 1 is 1.21 bits per heavy atom. The molecule has 3 heterocycles.